The average Bonchev–Trinajstić information content (AvgIpc) is 2.65. The zero-order valence-electron chi connectivity index (χ0n) is 16.1. The van der Waals surface area contributed by atoms with E-state index in [1.807, 2.05) is 0 Å². The van der Waals surface area contributed by atoms with E-state index >= 15 is 0 Å². The van der Waals surface area contributed by atoms with Gasteiger partial charge in [0, 0.05) is 7.26 Å². The summed E-state index contributed by atoms with van der Waals surface area (Å²) in [7, 11) is -0.813. The minimum atomic E-state index is -0.813. The second-order valence-electron chi connectivity index (χ2n) is 9.03. The first-order valence-electron chi connectivity index (χ1n) is 11.2. The zero-order valence-corrected chi connectivity index (χ0v) is 17.0. The number of rotatable bonds is 5. The van der Waals surface area contributed by atoms with Gasteiger partial charge in [-0.3, -0.25) is 0 Å². The lowest BCUT2D eigenvalue weighted by Crippen LogP contribution is -2.40. The summed E-state index contributed by atoms with van der Waals surface area (Å²) in [6.07, 6.45) is 25.1. The van der Waals surface area contributed by atoms with E-state index in [4.69, 9.17) is 0 Å². The third-order valence-corrected chi connectivity index (χ3v) is 15.2. The summed E-state index contributed by atoms with van der Waals surface area (Å²) in [6.45, 7) is 5.24. The summed E-state index contributed by atoms with van der Waals surface area (Å²) in [5.41, 5.74) is 4.60. The second kappa shape index (κ2) is 8.69. The molecule has 0 amide bonds. The van der Waals surface area contributed by atoms with Gasteiger partial charge in [-0.15, -0.1) is 0 Å². The topological polar surface area (TPSA) is 0 Å². The van der Waals surface area contributed by atoms with E-state index in [-0.39, 0.29) is 0 Å². The quantitative estimate of drug-likeness (QED) is 0.449. The van der Waals surface area contributed by atoms with Crippen molar-refractivity contribution in [1.82, 2.24) is 0 Å². The highest BCUT2D eigenvalue weighted by Gasteiger charge is 2.59. The fourth-order valence-electron chi connectivity index (χ4n) is 6.88. The average molecular weight is 338 g/mol. The number of hydrogen-bond donors (Lipinski definition) is 0. The van der Waals surface area contributed by atoms with Gasteiger partial charge in [0.2, 0.25) is 0 Å². The van der Waals surface area contributed by atoms with Crippen molar-refractivity contribution in [3.63, 3.8) is 0 Å². The van der Waals surface area contributed by atoms with Gasteiger partial charge in [0.1, 0.15) is 0 Å². The third-order valence-electron chi connectivity index (χ3n) is 7.98. The van der Waals surface area contributed by atoms with E-state index in [1.165, 1.54) is 42.7 Å². The Kier molecular flexibility index (Phi) is 6.89. The van der Waals surface area contributed by atoms with Crippen LogP contribution in [-0.4, -0.2) is 22.6 Å². The number of hydrogen-bond acceptors (Lipinski definition) is 0. The van der Waals surface area contributed by atoms with Crippen LogP contribution in [0.3, 0.4) is 0 Å². The van der Waals surface area contributed by atoms with Crippen molar-refractivity contribution in [2.45, 2.75) is 139 Å². The van der Waals surface area contributed by atoms with Crippen LogP contribution in [0.4, 0.5) is 0 Å². The van der Waals surface area contributed by atoms with Crippen molar-refractivity contribution in [1.29, 1.82) is 0 Å². The lowest BCUT2D eigenvalue weighted by Gasteiger charge is -2.52. The normalized spacial score (nSPS) is 27.9. The summed E-state index contributed by atoms with van der Waals surface area (Å²) < 4.78 is 0. The summed E-state index contributed by atoms with van der Waals surface area (Å²) >= 11 is 0. The van der Waals surface area contributed by atoms with Gasteiger partial charge in [-0.05, 0) is 90.4 Å². The lowest BCUT2D eigenvalue weighted by molar-refractivity contribution is 0.445. The molecule has 3 rings (SSSR count). The van der Waals surface area contributed by atoms with Crippen molar-refractivity contribution >= 4 is 7.26 Å². The maximum atomic E-state index is 2.71. The Hall–Kier alpha value is 0.430. The van der Waals surface area contributed by atoms with Gasteiger partial charge in [0.25, 0.3) is 0 Å². The Bertz CT molecular complexity index is 286. The van der Waals surface area contributed by atoms with E-state index < -0.39 is 7.26 Å². The van der Waals surface area contributed by atoms with Crippen molar-refractivity contribution in [2.24, 2.45) is 0 Å². The second-order valence-corrected chi connectivity index (χ2v) is 13.9. The fourth-order valence-corrected chi connectivity index (χ4v) is 15.2. The maximum absolute atomic E-state index is 2.71. The van der Waals surface area contributed by atoms with Gasteiger partial charge in [0.15, 0.2) is 0 Å². The largest absolute Gasteiger partial charge is 0.0705 e. The minimum absolute atomic E-state index is 0.813. The Morgan fingerprint density at radius 3 is 1.17 bits per heavy atom. The van der Waals surface area contributed by atoms with E-state index in [9.17, 15) is 0 Å². The van der Waals surface area contributed by atoms with Crippen molar-refractivity contribution in [3.8, 4) is 0 Å². The van der Waals surface area contributed by atoms with Crippen LogP contribution in [0.2, 0.25) is 0 Å². The van der Waals surface area contributed by atoms with Crippen LogP contribution < -0.4 is 0 Å². The smallest absolute Gasteiger partial charge is 0.0617 e. The molecule has 1 unspecified atom stereocenters. The molecule has 0 radical (unpaired) electrons. The van der Waals surface area contributed by atoms with Gasteiger partial charge in [-0.2, -0.15) is 0 Å². The first-order chi connectivity index (χ1) is 11.3. The molecule has 0 aliphatic heterocycles. The van der Waals surface area contributed by atoms with Gasteiger partial charge >= 0.3 is 0 Å². The molecule has 3 saturated carbocycles. The monoisotopic (exact) mass is 337 g/mol. The summed E-state index contributed by atoms with van der Waals surface area (Å²) in [4.78, 5) is 0. The molecule has 0 heterocycles. The van der Waals surface area contributed by atoms with E-state index in [0.29, 0.717) is 0 Å². The maximum Gasteiger partial charge on any atom is 0.0705 e. The predicted octanol–water partition coefficient (Wildman–Crippen LogP) is 7.80. The Labute approximate surface area is 146 Å². The molecular weight excluding hydrogens is 295 g/mol. The van der Waals surface area contributed by atoms with Crippen LogP contribution in [0.15, 0.2) is 0 Å². The van der Waals surface area contributed by atoms with Crippen LogP contribution in [0, 0.1) is 0 Å². The molecule has 3 aliphatic carbocycles. The van der Waals surface area contributed by atoms with Crippen LogP contribution in [-0.2, 0) is 0 Å². The highest BCUT2D eigenvalue weighted by molar-refractivity contribution is 7.78. The Morgan fingerprint density at radius 1 is 0.609 bits per heavy atom. The van der Waals surface area contributed by atoms with Gasteiger partial charge in [-0.25, -0.2) is 0 Å². The predicted molar refractivity (Wildman–Crippen MR) is 107 cm³/mol. The molecule has 0 saturated heterocycles. The van der Waals surface area contributed by atoms with Gasteiger partial charge in [0.05, 0.1) is 22.6 Å². The fraction of sp³-hybridized carbons (Fsp3) is 1.00. The van der Waals surface area contributed by atoms with Crippen molar-refractivity contribution < 1.29 is 0 Å². The lowest BCUT2D eigenvalue weighted by atomic mass is 9.98. The molecule has 0 N–H and O–H groups in total. The van der Waals surface area contributed by atoms with E-state index in [2.05, 4.69) is 13.8 Å². The highest BCUT2D eigenvalue weighted by Crippen LogP contribution is 2.80. The first-order valence-corrected chi connectivity index (χ1v) is 13.2. The van der Waals surface area contributed by atoms with Crippen molar-refractivity contribution in [3.05, 3.63) is 0 Å². The van der Waals surface area contributed by atoms with Crippen LogP contribution >= 0.6 is 7.26 Å². The van der Waals surface area contributed by atoms with E-state index in [1.54, 1.807) is 77.0 Å². The molecule has 0 aromatic heterocycles. The molecule has 1 atom stereocenters. The van der Waals surface area contributed by atoms with Crippen molar-refractivity contribution in [2.75, 3.05) is 0 Å². The van der Waals surface area contributed by atoms with Crippen LogP contribution in [0.5, 0.6) is 0 Å². The third kappa shape index (κ3) is 3.68. The van der Waals surface area contributed by atoms with Gasteiger partial charge < -0.3 is 0 Å². The molecule has 0 spiro atoms. The molecule has 0 aromatic carbocycles. The first kappa shape index (κ1) is 18.2. The van der Waals surface area contributed by atoms with Crippen LogP contribution in [0.25, 0.3) is 0 Å². The van der Waals surface area contributed by atoms with E-state index in [0.717, 1.165) is 5.66 Å². The zero-order chi connectivity index (χ0) is 16.1. The summed E-state index contributed by atoms with van der Waals surface area (Å²) in [5, 5.41) is 0. The molecule has 3 aliphatic rings. The highest BCUT2D eigenvalue weighted by atomic mass is 31.2. The molecular formula is C22H42P+. The summed E-state index contributed by atoms with van der Waals surface area (Å²) in [5.74, 6) is 0. The SMILES string of the molecule is CCC(C)[P+](C1CCCCC1)(C1CCCCC1)C1CCCCC1. The molecule has 23 heavy (non-hydrogen) atoms. The Balaban J connectivity index is 1.95. The summed E-state index contributed by atoms with van der Waals surface area (Å²) in [6, 6.07) is 0. The molecule has 1 heteroatoms. The van der Waals surface area contributed by atoms with Gasteiger partial charge in [-0.1, -0.05) is 26.2 Å². The molecule has 0 aromatic rings. The minimum Gasteiger partial charge on any atom is -0.0617 e. The molecule has 134 valence electrons. The Morgan fingerprint density at radius 2 is 0.913 bits per heavy atom. The molecule has 0 nitrogen and oxygen atoms in total. The molecule has 0 bridgehead atoms. The molecule has 3 fully saturated rings. The standard InChI is InChI=1S/C22H42P/c1-3-19(2)23(20-13-7-4-8-14-20,21-15-9-5-10-16-21)22-17-11-6-12-18-22/h19-22H,3-18H2,1-2H3/q+1. The van der Waals surface area contributed by atoms with Crippen LogP contribution in [0.1, 0.15) is 117 Å².